The molecule has 0 saturated carbocycles. The van der Waals surface area contributed by atoms with Gasteiger partial charge in [-0.05, 0) is 25.8 Å². The molecule has 8 heteroatoms. The van der Waals surface area contributed by atoms with Gasteiger partial charge in [-0.15, -0.1) is 10.2 Å². The van der Waals surface area contributed by atoms with E-state index in [1.54, 1.807) is 6.33 Å². The van der Waals surface area contributed by atoms with Crippen molar-refractivity contribution >= 4 is 5.91 Å². The van der Waals surface area contributed by atoms with Crippen LogP contribution < -0.4 is 0 Å². The quantitative estimate of drug-likeness (QED) is 0.593. The number of benzene rings is 1. The van der Waals surface area contributed by atoms with Crippen molar-refractivity contribution in [3.05, 3.63) is 65.1 Å². The molecule has 5 rings (SSSR count). The highest BCUT2D eigenvalue weighted by Gasteiger charge is 2.56. The fourth-order valence-corrected chi connectivity index (χ4v) is 5.46. The molecule has 1 aromatic carbocycles. The van der Waals surface area contributed by atoms with E-state index < -0.39 is 0 Å². The Bertz CT molecular complexity index is 1080. The maximum Gasteiger partial charge on any atom is 0.222 e. The average Bonchev–Trinajstić information content (AvgIpc) is 3.43. The summed E-state index contributed by atoms with van der Waals surface area (Å²) in [7, 11) is 2.01. The maximum atomic E-state index is 12.9. The summed E-state index contributed by atoms with van der Waals surface area (Å²) in [5.41, 5.74) is 3.28. The summed E-state index contributed by atoms with van der Waals surface area (Å²) in [4.78, 5) is 17.5. The van der Waals surface area contributed by atoms with Crippen LogP contribution in [0.15, 0.2) is 41.2 Å². The van der Waals surface area contributed by atoms with E-state index in [9.17, 15) is 4.79 Å². The topological polar surface area (TPSA) is 80.3 Å². The number of likely N-dealkylation sites (tertiary alicyclic amines) is 2. The number of hydrogen-bond acceptors (Lipinski definition) is 6. The molecule has 0 bridgehead atoms. The molecule has 2 saturated heterocycles. The van der Waals surface area contributed by atoms with Crippen LogP contribution in [-0.2, 0) is 24.8 Å². The van der Waals surface area contributed by atoms with Crippen LogP contribution in [0.1, 0.15) is 40.7 Å². The normalized spacial score (nSPS) is 20.1. The highest BCUT2D eigenvalue weighted by atomic mass is 16.5. The molecule has 4 heterocycles. The fourth-order valence-electron chi connectivity index (χ4n) is 5.46. The van der Waals surface area contributed by atoms with Gasteiger partial charge in [0.15, 0.2) is 0 Å². The van der Waals surface area contributed by atoms with Crippen molar-refractivity contribution in [3.8, 4) is 0 Å². The van der Waals surface area contributed by atoms with E-state index in [0.717, 1.165) is 55.6 Å². The van der Waals surface area contributed by atoms with E-state index in [-0.39, 0.29) is 17.2 Å². The molecular weight excluding hydrogens is 404 g/mol. The molecule has 8 nitrogen and oxygen atoms in total. The molecule has 1 amide bonds. The van der Waals surface area contributed by atoms with Crippen molar-refractivity contribution in [2.45, 2.75) is 39.2 Å². The Morgan fingerprint density at radius 1 is 1.19 bits per heavy atom. The number of carbonyl (C=O) groups is 1. The number of hydrogen-bond donors (Lipinski definition) is 0. The van der Waals surface area contributed by atoms with Gasteiger partial charge in [0.2, 0.25) is 5.91 Å². The van der Waals surface area contributed by atoms with E-state index in [4.69, 9.17) is 4.52 Å². The summed E-state index contributed by atoms with van der Waals surface area (Å²) in [6.07, 6.45) is 2.94. The van der Waals surface area contributed by atoms with Crippen molar-refractivity contribution in [1.29, 1.82) is 0 Å². The average molecular weight is 435 g/mol. The second-order valence-corrected chi connectivity index (χ2v) is 9.42. The Labute approximate surface area is 188 Å². The number of nitrogens with zero attached hydrogens (tertiary/aromatic N) is 6. The molecule has 2 aromatic heterocycles. The first-order valence-corrected chi connectivity index (χ1v) is 11.2. The highest BCUT2D eigenvalue weighted by molar-refractivity contribution is 5.77. The molecule has 0 aliphatic carbocycles. The van der Waals surface area contributed by atoms with E-state index in [2.05, 4.69) is 50.6 Å². The molecule has 32 heavy (non-hydrogen) atoms. The molecule has 1 atom stereocenters. The molecule has 0 N–H and O–H groups in total. The van der Waals surface area contributed by atoms with Gasteiger partial charge in [-0.3, -0.25) is 9.69 Å². The van der Waals surface area contributed by atoms with Gasteiger partial charge in [0.05, 0.1) is 5.69 Å². The molecule has 1 spiro atoms. The summed E-state index contributed by atoms with van der Waals surface area (Å²) < 4.78 is 7.26. The minimum absolute atomic E-state index is 0.0360. The van der Waals surface area contributed by atoms with Gasteiger partial charge in [-0.1, -0.05) is 35.5 Å². The second-order valence-electron chi connectivity index (χ2n) is 9.42. The molecule has 2 aliphatic rings. The SMILES string of the molecule is Cc1noc(C)c1CCC(=O)N1CC2(CN(Cc3ccccc3)CC2c2nncn2C)C1. The van der Waals surface area contributed by atoms with E-state index >= 15 is 0 Å². The van der Waals surface area contributed by atoms with Crippen molar-refractivity contribution in [2.24, 2.45) is 12.5 Å². The molecule has 2 fully saturated rings. The van der Waals surface area contributed by atoms with Crippen LogP contribution in [0.3, 0.4) is 0 Å². The summed E-state index contributed by atoms with van der Waals surface area (Å²) in [6, 6.07) is 10.6. The minimum Gasteiger partial charge on any atom is -0.361 e. The fraction of sp³-hybridized carbons (Fsp3) is 0.500. The third kappa shape index (κ3) is 3.72. The van der Waals surface area contributed by atoms with Crippen LogP contribution in [0, 0.1) is 19.3 Å². The standard InChI is InChI=1S/C24H30N6O2/c1-17-20(18(2)32-27-17)9-10-22(31)30-14-24(15-30)13-29(11-19-7-5-4-6-8-19)12-21(24)23-26-25-16-28(23)3/h4-8,16,21H,9-15H2,1-3H3. The Morgan fingerprint density at radius 2 is 1.97 bits per heavy atom. The zero-order chi connectivity index (χ0) is 22.3. The monoisotopic (exact) mass is 434 g/mol. The van der Waals surface area contributed by atoms with Crippen molar-refractivity contribution < 1.29 is 9.32 Å². The Morgan fingerprint density at radius 3 is 2.62 bits per heavy atom. The zero-order valence-electron chi connectivity index (χ0n) is 19.0. The van der Waals surface area contributed by atoms with Crippen LogP contribution in [0.2, 0.25) is 0 Å². The third-order valence-electron chi connectivity index (χ3n) is 7.16. The molecular formula is C24H30N6O2. The predicted octanol–water partition coefficient (Wildman–Crippen LogP) is 2.48. The van der Waals surface area contributed by atoms with Crippen molar-refractivity contribution in [2.75, 3.05) is 26.2 Å². The third-order valence-corrected chi connectivity index (χ3v) is 7.16. The second kappa shape index (κ2) is 8.16. The molecule has 0 radical (unpaired) electrons. The lowest BCUT2D eigenvalue weighted by atomic mass is 9.71. The smallest absolute Gasteiger partial charge is 0.222 e. The number of rotatable bonds is 6. The minimum atomic E-state index is 0.0360. The van der Waals surface area contributed by atoms with Crippen molar-refractivity contribution in [1.82, 2.24) is 29.7 Å². The lowest BCUT2D eigenvalue weighted by molar-refractivity contribution is -0.143. The Kier molecular flexibility index (Phi) is 5.33. The molecule has 168 valence electrons. The Hall–Kier alpha value is -3.00. The van der Waals surface area contributed by atoms with E-state index in [1.165, 1.54) is 5.56 Å². The molecule has 1 unspecified atom stereocenters. The van der Waals surface area contributed by atoms with Crippen LogP contribution >= 0.6 is 0 Å². The maximum absolute atomic E-state index is 12.9. The number of aromatic nitrogens is 4. The van der Waals surface area contributed by atoms with Gasteiger partial charge >= 0.3 is 0 Å². The first-order chi connectivity index (χ1) is 15.4. The van der Waals surface area contributed by atoms with Crippen LogP contribution in [0.25, 0.3) is 0 Å². The lowest BCUT2D eigenvalue weighted by Gasteiger charge is -2.50. The van der Waals surface area contributed by atoms with Gasteiger partial charge in [-0.25, -0.2) is 0 Å². The first-order valence-electron chi connectivity index (χ1n) is 11.2. The Balaban J connectivity index is 1.27. The van der Waals surface area contributed by atoms with Gasteiger partial charge in [-0.2, -0.15) is 0 Å². The summed E-state index contributed by atoms with van der Waals surface area (Å²) in [5.74, 6) is 2.30. The number of aryl methyl sites for hydroxylation is 3. The highest BCUT2D eigenvalue weighted by Crippen LogP contribution is 2.49. The number of carbonyl (C=O) groups excluding carboxylic acids is 1. The van der Waals surface area contributed by atoms with Crippen LogP contribution in [0.5, 0.6) is 0 Å². The van der Waals surface area contributed by atoms with Crippen LogP contribution in [0.4, 0.5) is 0 Å². The lowest BCUT2D eigenvalue weighted by Crippen LogP contribution is -2.61. The predicted molar refractivity (Wildman–Crippen MR) is 119 cm³/mol. The van der Waals surface area contributed by atoms with E-state index in [0.29, 0.717) is 12.8 Å². The van der Waals surface area contributed by atoms with Gasteiger partial charge in [0.25, 0.3) is 0 Å². The van der Waals surface area contributed by atoms with Gasteiger partial charge in [0.1, 0.15) is 17.9 Å². The van der Waals surface area contributed by atoms with E-state index in [1.807, 2.05) is 30.4 Å². The first kappa shape index (κ1) is 20.9. The zero-order valence-corrected chi connectivity index (χ0v) is 19.0. The van der Waals surface area contributed by atoms with Crippen LogP contribution in [-0.4, -0.2) is 61.8 Å². The largest absolute Gasteiger partial charge is 0.361 e. The summed E-state index contributed by atoms with van der Waals surface area (Å²) in [5, 5.41) is 12.6. The summed E-state index contributed by atoms with van der Waals surface area (Å²) >= 11 is 0. The van der Waals surface area contributed by atoms with Gasteiger partial charge < -0.3 is 14.0 Å². The number of amides is 1. The van der Waals surface area contributed by atoms with Gasteiger partial charge in [0, 0.05) is 63.1 Å². The summed E-state index contributed by atoms with van der Waals surface area (Å²) in [6.45, 7) is 8.20. The van der Waals surface area contributed by atoms with Crippen molar-refractivity contribution in [3.63, 3.8) is 0 Å². The molecule has 3 aromatic rings. The molecule has 2 aliphatic heterocycles.